The Balaban J connectivity index is 1.50. The summed E-state index contributed by atoms with van der Waals surface area (Å²) in [5, 5.41) is 10.5. The van der Waals surface area contributed by atoms with Gasteiger partial charge >= 0.3 is 5.97 Å². The number of nitrogens with zero attached hydrogens (tertiary/aromatic N) is 2. The number of carbonyl (C=O) groups is 2. The maximum atomic E-state index is 13.0. The number of thiazole rings is 1. The first-order chi connectivity index (χ1) is 15.8. The summed E-state index contributed by atoms with van der Waals surface area (Å²) in [4.78, 5) is 33.8. The van der Waals surface area contributed by atoms with Crippen molar-refractivity contribution < 1.29 is 19.4 Å². The van der Waals surface area contributed by atoms with Crippen molar-refractivity contribution in [3.05, 3.63) is 68.4 Å². The van der Waals surface area contributed by atoms with Crippen molar-refractivity contribution in [3.63, 3.8) is 0 Å². The fourth-order valence-electron chi connectivity index (χ4n) is 3.95. The van der Waals surface area contributed by atoms with Crippen molar-refractivity contribution in [2.75, 3.05) is 18.0 Å². The van der Waals surface area contributed by atoms with Gasteiger partial charge < -0.3 is 19.7 Å². The molecular formula is C23H23Cl2N3O4S. The Kier molecular flexibility index (Phi) is 7.38. The second-order valence-corrected chi connectivity index (χ2v) is 9.79. The summed E-state index contributed by atoms with van der Waals surface area (Å²) in [6.45, 7) is 3.34. The second-order valence-electron chi connectivity index (χ2n) is 8.02. The molecule has 10 heteroatoms. The number of aryl methyl sites for hydroxylation is 1. The normalized spacial score (nSPS) is 18.5. The van der Waals surface area contributed by atoms with Crippen molar-refractivity contribution in [2.24, 2.45) is 5.92 Å². The molecule has 1 aliphatic heterocycles. The van der Waals surface area contributed by atoms with E-state index in [4.69, 9.17) is 27.9 Å². The summed E-state index contributed by atoms with van der Waals surface area (Å²) in [6.07, 6.45) is 2.09. The Morgan fingerprint density at radius 1 is 1.27 bits per heavy atom. The molecule has 1 saturated heterocycles. The standard InChI is InChI=1S/C23H23Cl2N3O4S/c1-13-19(24)20(25)21(27-13)16(29)9-15-7-8-28(23-26-10-18(33-23)22(30)31)11-17(15)32-12-14-5-3-2-4-6-14/h2-6,10,15,17,27H,7-9,11-12H2,1H3,(H,30,31). The zero-order chi connectivity index (χ0) is 23.5. The zero-order valence-electron chi connectivity index (χ0n) is 17.9. The highest BCUT2D eigenvalue weighted by molar-refractivity contribution is 7.17. The first-order valence-corrected chi connectivity index (χ1v) is 12.1. The first-order valence-electron chi connectivity index (χ1n) is 10.5. The number of ketones is 1. The Morgan fingerprint density at radius 2 is 2.03 bits per heavy atom. The molecule has 0 bridgehead atoms. The van der Waals surface area contributed by atoms with Crippen molar-refractivity contribution in [1.82, 2.24) is 9.97 Å². The van der Waals surface area contributed by atoms with Gasteiger partial charge in [0.15, 0.2) is 10.9 Å². The molecule has 0 amide bonds. The van der Waals surface area contributed by atoms with E-state index in [0.717, 1.165) is 16.9 Å². The van der Waals surface area contributed by atoms with Gasteiger partial charge in [0, 0.05) is 25.2 Å². The average Bonchev–Trinajstić information content (AvgIpc) is 3.41. The number of benzene rings is 1. The number of halogens is 2. The van der Waals surface area contributed by atoms with Crippen molar-refractivity contribution in [2.45, 2.75) is 32.5 Å². The predicted molar refractivity (Wildman–Crippen MR) is 129 cm³/mol. The van der Waals surface area contributed by atoms with Crippen LogP contribution in [-0.2, 0) is 11.3 Å². The molecule has 174 valence electrons. The van der Waals surface area contributed by atoms with Gasteiger partial charge in [0.05, 0.1) is 29.0 Å². The SMILES string of the molecule is Cc1[nH]c(C(=O)CC2CCN(c3ncc(C(=O)O)s3)CC2OCc2ccccc2)c(Cl)c1Cl. The van der Waals surface area contributed by atoms with Crippen LogP contribution in [0.2, 0.25) is 10.0 Å². The maximum Gasteiger partial charge on any atom is 0.347 e. The highest BCUT2D eigenvalue weighted by atomic mass is 35.5. The van der Waals surface area contributed by atoms with Crippen molar-refractivity contribution in [3.8, 4) is 0 Å². The molecule has 3 heterocycles. The lowest BCUT2D eigenvalue weighted by Crippen LogP contribution is -2.46. The number of anilines is 1. The van der Waals surface area contributed by atoms with E-state index in [0.29, 0.717) is 47.7 Å². The molecule has 0 aliphatic carbocycles. The minimum absolute atomic E-state index is 0.0326. The van der Waals surface area contributed by atoms with Crippen LogP contribution in [0.25, 0.3) is 0 Å². The largest absolute Gasteiger partial charge is 0.477 e. The minimum Gasteiger partial charge on any atom is -0.477 e. The van der Waals surface area contributed by atoms with Gasteiger partial charge in [0.25, 0.3) is 0 Å². The topological polar surface area (TPSA) is 95.5 Å². The van der Waals surface area contributed by atoms with Gasteiger partial charge in [-0.2, -0.15) is 0 Å². The third-order valence-electron chi connectivity index (χ3n) is 5.76. The Labute approximate surface area is 205 Å². The number of piperidine rings is 1. The molecule has 33 heavy (non-hydrogen) atoms. The molecule has 2 aromatic heterocycles. The van der Waals surface area contributed by atoms with Gasteiger partial charge in [-0.15, -0.1) is 0 Å². The molecule has 0 spiro atoms. The lowest BCUT2D eigenvalue weighted by atomic mass is 9.88. The van der Waals surface area contributed by atoms with Crippen LogP contribution in [0.5, 0.6) is 0 Å². The lowest BCUT2D eigenvalue weighted by Gasteiger charge is -2.38. The molecule has 0 saturated carbocycles. The summed E-state index contributed by atoms with van der Waals surface area (Å²) in [5.41, 5.74) is 2.03. The number of H-pyrrole nitrogens is 1. The van der Waals surface area contributed by atoms with E-state index in [1.165, 1.54) is 6.20 Å². The number of carbonyl (C=O) groups excluding carboxylic acids is 1. The Hall–Kier alpha value is -2.39. The molecule has 7 nitrogen and oxygen atoms in total. The molecule has 1 fully saturated rings. The van der Waals surface area contributed by atoms with Crippen LogP contribution in [0.15, 0.2) is 36.5 Å². The number of ether oxygens (including phenoxy) is 1. The summed E-state index contributed by atoms with van der Waals surface area (Å²) in [7, 11) is 0. The van der Waals surface area contributed by atoms with E-state index in [1.807, 2.05) is 35.2 Å². The number of hydrogen-bond acceptors (Lipinski definition) is 6. The molecule has 1 aliphatic rings. The summed E-state index contributed by atoms with van der Waals surface area (Å²) < 4.78 is 6.28. The zero-order valence-corrected chi connectivity index (χ0v) is 20.2. The fourth-order valence-corrected chi connectivity index (χ4v) is 5.18. The van der Waals surface area contributed by atoms with Crippen LogP contribution in [0, 0.1) is 12.8 Å². The van der Waals surface area contributed by atoms with Gasteiger partial charge in [-0.25, -0.2) is 9.78 Å². The van der Waals surface area contributed by atoms with E-state index in [2.05, 4.69) is 9.97 Å². The molecule has 4 rings (SSSR count). The van der Waals surface area contributed by atoms with Gasteiger partial charge in [-0.1, -0.05) is 64.9 Å². The van der Waals surface area contributed by atoms with Crippen LogP contribution in [-0.4, -0.2) is 46.0 Å². The third kappa shape index (κ3) is 5.41. The molecule has 1 aromatic carbocycles. The van der Waals surface area contributed by atoms with E-state index < -0.39 is 5.97 Å². The summed E-state index contributed by atoms with van der Waals surface area (Å²) >= 11 is 13.5. The summed E-state index contributed by atoms with van der Waals surface area (Å²) in [5.74, 6) is -1.13. The van der Waals surface area contributed by atoms with Crippen LogP contribution in [0.3, 0.4) is 0 Å². The van der Waals surface area contributed by atoms with Crippen LogP contribution in [0.4, 0.5) is 5.13 Å². The van der Waals surface area contributed by atoms with Crippen molar-refractivity contribution >= 4 is 51.4 Å². The van der Waals surface area contributed by atoms with Gasteiger partial charge in [0.1, 0.15) is 10.6 Å². The fraction of sp³-hybridized carbons (Fsp3) is 0.348. The van der Waals surface area contributed by atoms with Gasteiger partial charge in [-0.05, 0) is 24.8 Å². The maximum absolute atomic E-state index is 13.0. The van der Waals surface area contributed by atoms with Crippen LogP contribution >= 0.6 is 34.5 Å². The molecule has 2 unspecified atom stereocenters. The minimum atomic E-state index is -0.993. The number of nitrogens with one attached hydrogen (secondary N) is 1. The number of carboxylic acids is 1. The third-order valence-corrected chi connectivity index (χ3v) is 7.75. The highest BCUT2D eigenvalue weighted by Gasteiger charge is 2.34. The number of aromatic nitrogens is 2. The van der Waals surface area contributed by atoms with E-state index >= 15 is 0 Å². The number of hydrogen-bond donors (Lipinski definition) is 2. The van der Waals surface area contributed by atoms with Gasteiger partial charge in [-0.3, -0.25) is 4.79 Å². The van der Waals surface area contributed by atoms with Crippen LogP contribution < -0.4 is 4.90 Å². The second kappa shape index (κ2) is 10.3. The number of aromatic carboxylic acids is 1. The molecule has 3 aromatic rings. The quantitative estimate of drug-likeness (QED) is 0.392. The first kappa shape index (κ1) is 23.8. The van der Waals surface area contributed by atoms with Crippen molar-refractivity contribution in [1.29, 1.82) is 0 Å². The monoisotopic (exact) mass is 507 g/mol. The summed E-state index contributed by atoms with van der Waals surface area (Å²) in [6, 6.07) is 9.84. The molecule has 2 N–H and O–H groups in total. The van der Waals surface area contributed by atoms with E-state index in [1.54, 1.807) is 6.92 Å². The number of aromatic amines is 1. The predicted octanol–water partition coefficient (Wildman–Crippen LogP) is 5.47. The molecular weight excluding hydrogens is 485 g/mol. The van der Waals surface area contributed by atoms with Gasteiger partial charge in [0.2, 0.25) is 0 Å². The average molecular weight is 508 g/mol. The molecule has 0 radical (unpaired) electrons. The number of Topliss-reactive ketones (excluding diaryl/α,β-unsaturated/α-hetero) is 1. The lowest BCUT2D eigenvalue weighted by molar-refractivity contribution is -0.00681. The molecule has 2 atom stereocenters. The number of carboxylic acid groups (broad SMARTS) is 1. The van der Waals surface area contributed by atoms with Crippen LogP contribution in [0.1, 0.15) is 44.3 Å². The van der Waals surface area contributed by atoms with E-state index in [-0.39, 0.29) is 34.1 Å². The Morgan fingerprint density at radius 3 is 2.67 bits per heavy atom. The Bertz CT molecular complexity index is 1150. The van der Waals surface area contributed by atoms with E-state index in [9.17, 15) is 14.7 Å². The number of rotatable bonds is 8. The smallest absolute Gasteiger partial charge is 0.347 e. The highest BCUT2D eigenvalue weighted by Crippen LogP contribution is 2.34.